The molecule has 6 heteroatoms. The highest BCUT2D eigenvalue weighted by molar-refractivity contribution is 7.98. The van der Waals surface area contributed by atoms with E-state index in [1.165, 1.54) is 6.07 Å². The van der Waals surface area contributed by atoms with E-state index in [4.69, 9.17) is 5.73 Å². The monoisotopic (exact) mass is 302 g/mol. The minimum absolute atomic E-state index is 0.235. The first-order valence-electron chi connectivity index (χ1n) is 6.27. The van der Waals surface area contributed by atoms with Gasteiger partial charge in [-0.05, 0) is 42.0 Å². The molecule has 0 aliphatic rings. The highest BCUT2D eigenvalue weighted by atomic mass is 32.2. The SMILES string of the molecule is CCc1ccc(S(=O)(=O)NCC(C)CSC)cc1N. The summed E-state index contributed by atoms with van der Waals surface area (Å²) in [5, 5.41) is 0. The highest BCUT2D eigenvalue weighted by Crippen LogP contribution is 2.18. The Balaban J connectivity index is 2.80. The van der Waals surface area contributed by atoms with E-state index in [1.807, 2.05) is 20.1 Å². The number of anilines is 1. The van der Waals surface area contributed by atoms with Gasteiger partial charge in [0.2, 0.25) is 10.0 Å². The van der Waals surface area contributed by atoms with Gasteiger partial charge >= 0.3 is 0 Å². The molecule has 0 aliphatic carbocycles. The van der Waals surface area contributed by atoms with Gasteiger partial charge in [0, 0.05) is 12.2 Å². The van der Waals surface area contributed by atoms with Crippen LogP contribution in [0.15, 0.2) is 23.1 Å². The molecule has 0 fully saturated rings. The van der Waals surface area contributed by atoms with Crippen LogP contribution in [-0.2, 0) is 16.4 Å². The molecule has 1 atom stereocenters. The number of hydrogen-bond acceptors (Lipinski definition) is 4. The second-order valence-electron chi connectivity index (χ2n) is 4.63. The van der Waals surface area contributed by atoms with Gasteiger partial charge in [-0.1, -0.05) is 19.9 Å². The molecular formula is C13H22N2O2S2. The standard InChI is InChI=1S/C13H22N2O2S2/c1-4-11-5-6-12(7-13(11)14)19(16,17)15-8-10(2)9-18-3/h5-7,10,15H,4,8-9,14H2,1-3H3. The zero-order chi connectivity index (χ0) is 14.5. The fourth-order valence-electron chi connectivity index (χ4n) is 1.74. The minimum Gasteiger partial charge on any atom is -0.398 e. The number of hydrogen-bond donors (Lipinski definition) is 2. The third kappa shape index (κ3) is 4.71. The van der Waals surface area contributed by atoms with Gasteiger partial charge in [-0.15, -0.1) is 0 Å². The van der Waals surface area contributed by atoms with Gasteiger partial charge in [-0.25, -0.2) is 13.1 Å². The molecule has 108 valence electrons. The second kappa shape index (κ2) is 7.17. The van der Waals surface area contributed by atoms with E-state index < -0.39 is 10.0 Å². The van der Waals surface area contributed by atoms with Crippen molar-refractivity contribution in [1.82, 2.24) is 4.72 Å². The number of nitrogens with two attached hydrogens (primary N) is 1. The second-order valence-corrected chi connectivity index (χ2v) is 7.30. The maximum atomic E-state index is 12.1. The Labute approximate surface area is 120 Å². The summed E-state index contributed by atoms with van der Waals surface area (Å²) in [6.07, 6.45) is 2.81. The molecular weight excluding hydrogens is 280 g/mol. The highest BCUT2D eigenvalue weighted by Gasteiger charge is 2.16. The molecule has 1 aromatic rings. The number of rotatable bonds is 7. The molecule has 0 aromatic heterocycles. The lowest BCUT2D eigenvalue weighted by Gasteiger charge is -2.12. The summed E-state index contributed by atoms with van der Waals surface area (Å²) < 4.78 is 26.9. The maximum absolute atomic E-state index is 12.1. The van der Waals surface area contributed by atoms with Crippen LogP contribution < -0.4 is 10.5 Å². The fourth-order valence-corrected chi connectivity index (χ4v) is 3.63. The van der Waals surface area contributed by atoms with E-state index in [0.717, 1.165) is 17.7 Å². The summed E-state index contributed by atoms with van der Waals surface area (Å²) in [6, 6.07) is 4.91. The Hall–Kier alpha value is -0.720. The van der Waals surface area contributed by atoms with Crippen molar-refractivity contribution in [2.24, 2.45) is 5.92 Å². The summed E-state index contributed by atoms with van der Waals surface area (Å²) >= 11 is 1.71. The molecule has 0 radical (unpaired) electrons. The lowest BCUT2D eigenvalue weighted by Crippen LogP contribution is -2.29. The smallest absolute Gasteiger partial charge is 0.240 e. The molecule has 0 bridgehead atoms. The molecule has 1 unspecified atom stereocenters. The number of nitrogens with one attached hydrogen (secondary N) is 1. The molecule has 0 heterocycles. The number of nitrogen functional groups attached to an aromatic ring is 1. The van der Waals surface area contributed by atoms with Gasteiger partial charge in [0.05, 0.1) is 4.90 Å². The van der Waals surface area contributed by atoms with Crippen LogP contribution in [0, 0.1) is 5.92 Å². The van der Waals surface area contributed by atoms with Gasteiger partial charge in [-0.3, -0.25) is 0 Å². The molecule has 0 aliphatic heterocycles. The van der Waals surface area contributed by atoms with Crippen molar-refractivity contribution < 1.29 is 8.42 Å². The van der Waals surface area contributed by atoms with Crippen LogP contribution in [0.3, 0.4) is 0 Å². The van der Waals surface area contributed by atoms with Crippen LogP contribution in [0.5, 0.6) is 0 Å². The zero-order valence-electron chi connectivity index (χ0n) is 11.6. The van der Waals surface area contributed by atoms with Crippen LogP contribution in [0.1, 0.15) is 19.4 Å². The van der Waals surface area contributed by atoms with Crippen molar-refractivity contribution >= 4 is 27.5 Å². The van der Waals surface area contributed by atoms with Crippen molar-refractivity contribution in [3.8, 4) is 0 Å². The van der Waals surface area contributed by atoms with Gasteiger partial charge in [0.15, 0.2) is 0 Å². The largest absolute Gasteiger partial charge is 0.398 e. The third-order valence-corrected chi connectivity index (χ3v) is 5.21. The van der Waals surface area contributed by atoms with Crippen molar-refractivity contribution in [2.45, 2.75) is 25.2 Å². The first-order chi connectivity index (χ1) is 8.90. The summed E-state index contributed by atoms with van der Waals surface area (Å²) in [5.74, 6) is 1.23. The Bertz CT molecular complexity index is 515. The molecule has 3 N–H and O–H groups in total. The van der Waals surface area contributed by atoms with E-state index in [0.29, 0.717) is 18.2 Å². The Morgan fingerprint density at radius 1 is 1.42 bits per heavy atom. The topological polar surface area (TPSA) is 72.2 Å². The Kier molecular flexibility index (Phi) is 6.16. The molecule has 0 amide bonds. The van der Waals surface area contributed by atoms with Crippen LogP contribution in [0.25, 0.3) is 0 Å². The maximum Gasteiger partial charge on any atom is 0.240 e. The quantitative estimate of drug-likeness (QED) is 0.757. The predicted molar refractivity (Wildman–Crippen MR) is 83.0 cm³/mol. The summed E-state index contributed by atoms with van der Waals surface area (Å²) in [4.78, 5) is 0.235. The van der Waals surface area contributed by atoms with E-state index in [-0.39, 0.29) is 4.90 Å². The van der Waals surface area contributed by atoms with Crippen LogP contribution in [0.2, 0.25) is 0 Å². The molecule has 4 nitrogen and oxygen atoms in total. The van der Waals surface area contributed by atoms with Gasteiger partial charge in [0.25, 0.3) is 0 Å². The lowest BCUT2D eigenvalue weighted by atomic mass is 10.1. The number of benzene rings is 1. The predicted octanol–water partition coefficient (Wildman–Crippen LogP) is 2.11. The van der Waals surface area contributed by atoms with E-state index >= 15 is 0 Å². The van der Waals surface area contributed by atoms with E-state index in [9.17, 15) is 8.42 Å². The van der Waals surface area contributed by atoms with Crippen molar-refractivity contribution in [3.05, 3.63) is 23.8 Å². The van der Waals surface area contributed by atoms with Gasteiger partial charge in [-0.2, -0.15) is 11.8 Å². The molecule has 19 heavy (non-hydrogen) atoms. The number of thioether (sulfide) groups is 1. The van der Waals surface area contributed by atoms with Crippen molar-refractivity contribution in [1.29, 1.82) is 0 Å². The first kappa shape index (κ1) is 16.3. The van der Waals surface area contributed by atoms with Gasteiger partial charge < -0.3 is 5.73 Å². The summed E-state index contributed by atoms with van der Waals surface area (Å²) in [6.45, 7) is 4.45. The van der Waals surface area contributed by atoms with Crippen LogP contribution >= 0.6 is 11.8 Å². The van der Waals surface area contributed by atoms with Crippen molar-refractivity contribution in [3.63, 3.8) is 0 Å². The molecule has 0 saturated carbocycles. The average molecular weight is 302 g/mol. The summed E-state index contributed by atoms with van der Waals surface area (Å²) in [5.41, 5.74) is 7.33. The third-order valence-electron chi connectivity index (χ3n) is 2.88. The lowest BCUT2D eigenvalue weighted by molar-refractivity contribution is 0.562. The summed E-state index contributed by atoms with van der Waals surface area (Å²) in [7, 11) is -3.46. The number of aryl methyl sites for hydroxylation is 1. The van der Waals surface area contributed by atoms with Crippen LogP contribution in [-0.4, -0.2) is 27.0 Å². The van der Waals surface area contributed by atoms with Gasteiger partial charge in [0.1, 0.15) is 0 Å². The Morgan fingerprint density at radius 3 is 2.63 bits per heavy atom. The molecule has 1 rings (SSSR count). The van der Waals surface area contributed by atoms with E-state index in [1.54, 1.807) is 23.9 Å². The molecule has 1 aromatic carbocycles. The minimum atomic E-state index is -3.46. The molecule has 0 saturated heterocycles. The molecule has 0 spiro atoms. The first-order valence-corrected chi connectivity index (χ1v) is 9.15. The number of sulfonamides is 1. The fraction of sp³-hybridized carbons (Fsp3) is 0.538. The van der Waals surface area contributed by atoms with Crippen molar-refractivity contribution in [2.75, 3.05) is 24.3 Å². The Morgan fingerprint density at radius 2 is 2.11 bits per heavy atom. The zero-order valence-corrected chi connectivity index (χ0v) is 13.3. The van der Waals surface area contributed by atoms with Crippen LogP contribution in [0.4, 0.5) is 5.69 Å². The average Bonchev–Trinajstić information content (AvgIpc) is 2.37. The normalized spacial score (nSPS) is 13.4. The van der Waals surface area contributed by atoms with E-state index in [2.05, 4.69) is 4.72 Å².